The van der Waals surface area contributed by atoms with Gasteiger partial charge in [0.25, 0.3) is 11.8 Å². The number of hydrogen-bond acceptors (Lipinski definition) is 8. The zero-order valence-corrected chi connectivity index (χ0v) is 30.3. The number of rotatable bonds is 14. The summed E-state index contributed by atoms with van der Waals surface area (Å²) in [5, 5.41) is 17.1. The van der Waals surface area contributed by atoms with Gasteiger partial charge in [0, 0.05) is 33.5 Å². The maximum absolute atomic E-state index is 13.8. The number of carboxylic acids is 1. The van der Waals surface area contributed by atoms with Crippen LogP contribution in [-0.2, 0) is 9.59 Å². The standard InChI is InChI=1S/C40H34ClN3O8S/c1-50-33-23-35(52-3)34(51-2)21-26(33)20-32(44-37(45)25-12-8-5-9-13-25)38(46)42-27-14-17-29(18-15-27)53-36(24-10-6-4-7-11-24)39(47)43-28-16-19-31(41)30(22-28)40(48)49/h4-23,36H,1-3H3,(H,42,46)(H,43,47)(H,44,45)(H,48,49)/b32-20-. The topological polar surface area (TPSA) is 152 Å². The molecule has 5 aromatic rings. The Balaban J connectivity index is 1.39. The highest BCUT2D eigenvalue weighted by molar-refractivity contribution is 8.00. The van der Waals surface area contributed by atoms with Crippen molar-refractivity contribution < 1.29 is 38.5 Å². The monoisotopic (exact) mass is 751 g/mol. The Morgan fingerprint density at radius 3 is 1.94 bits per heavy atom. The van der Waals surface area contributed by atoms with Gasteiger partial charge in [-0.05, 0) is 72.3 Å². The van der Waals surface area contributed by atoms with Crippen molar-refractivity contribution in [1.29, 1.82) is 0 Å². The third-order valence-corrected chi connectivity index (χ3v) is 9.33. The van der Waals surface area contributed by atoms with Crippen LogP contribution in [0, 0.1) is 0 Å². The molecule has 3 amide bonds. The molecule has 0 aliphatic heterocycles. The Kier molecular flexibility index (Phi) is 12.8. The third-order valence-electron chi connectivity index (χ3n) is 7.74. The maximum atomic E-state index is 13.8. The van der Waals surface area contributed by atoms with Gasteiger partial charge >= 0.3 is 5.97 Å². The molecule has 4 N–H and O–H groups in total. The number of hydrogen-bond donors (Lipinski definition) is 4. The van der Waals surface area contributed by atoms with Crippen molar-refractivity contribution in [3.8, 4) is 17.2 Å². The van der Waals surface area contributed by atoms with Crippen molar-refractivity contribution in [3.63, 3.8) is 0 Å². The second kappa shape index (κ2) is 17.8. The second-order valence-corrected chi connectivity index (χ2v) is 12.8. The van der Waals surface area contributed by atoms with Crippen LogP contribution in [0.2, 0.25) is 5.02 Å². The molecule has 0 aliphatic rings. The van der Waals surface area contributed by atoms with Crippen LogP contribution < -0.4 is 30.2 Å². The molecule has 0 fully saturated rings. The van der Waals surface area contributed by atoms with Crippen molar-refractivity contribution in [2.45, 2.75) is 10.1 Å². The molecule has 53 heavy (non-hydrogen) atoms. The van der Waals surface area contributed by atoms with Gasteiger partial charge in [-0.2, -0.15) is 0 Å². The number of aromatic carboxylic acids is 1. The number of carboxylic acid groups (broad SMARTS) is 1. The van der Waals surface area contributed by atoms with E-state index in [-0.39, 0.29) is 27.9 Å². The first kappa shape index (κ1) is 38.0. The van der Waals surface area contributed by atoms with Crippen molar-refractivity contribution in [1.82, 2.24) is 5.32 Å². The molecule has 1 atom stereocenters. The minimum atomic E-state index is -1.21. The van der Waals surface area contributed by atoms with Crippen LogP contribution in [0.25, 0.3) is 6.08 Å². The quantitative estimate of drug-likeness (QED) is 0.0655. The first-order valence-electron chi connectivity index (χ1n) is 15.9. The Hall–Kier alpha value is -6.24. The SMILES string of the molecule is COc1cc(OC)c(OC)cc1/C=C(\NC(=O)c1ccccc1)C(=O)Nc1ccc(SC(C(=O)Nc2ccc(Cl)c(C(=O)O)c2)c2ccccc2)cc1. The number of carbonyl (C=O) groups excluding carboxylic acids is 3. The van der Waals surface area contributed by atoms with E-state index in [9.17, 15) is 24.3 Å². The minimum Gasteiger partial charge on any atom is -0.496 e. The zero-order valence-electron chi connectivity index (χ0n) is 28.7. The number of methoxy groups -OCH3 is 3. The third kappa shape index (κ3) is 9.76. The van der Waals surface area contributed by atoms with E-state index in [0.29, 0.717) is 44.5 Å². The molecule has 11 nitrogen and oxygen atoms in total. The summed E-state index contributed by atoms with van der Waals surface area (Å²) in [6, 6.07) is 31.9. The summed E-state index contributed by atoms with van der Waals surface area (Å²) in [4.78, 5) is 52.9. The van der Waals surface area contributed by atoms with E-state index in [1.165, 1.54) is 57.4 Å². The number of anilines is 2. The zero-order chi connectivity index (χ0) is 37.9. The largest absolute Gasteiger partial charge is 0.496 e. The smallest absolute Gasteiger partial charge is 0.337 e. The van der Waals surface area contributed by atoms with Crippen LogP contribution in [0.4, 0.5) is 11.4 Å². The molecule has 0 saturated carbocycles. The fourth-order valence-electron chi connectivity index (χ4n) is 5.09. The fraction of sp³-hybridized carbons (Fsp3) is 0.100. The van der Waals surface area contributed by atoms with E-state index in [2.05, 4.69) is 16.0 Å². The van der Waals surface area contributed by atoms with Crippen LogP contribution in [0.3, 0.4) is 0 Å². The van der Waals surface area contributed by atoms with Crippen LogP contribution in [0.1, 0.15) is 37.1 Å². The Morgan fingerprint density at radius 2 is 1.32 bits per heavy atom. The van der Waals surface area contributed by atoms with Gasteiger partial charge in [0.1, 0.15) is 16.7 Å². The van der Waals surface area contributed by atoms with E-state index >= 15 is 0 Å². The maximum Gasteiger partial charge on any atom is 0.337 e. The summed E-state index contributed by atoms with van der Waals surface area (Å²) in [7, 11) is 4.45. The lowest BCUT2D eigenvalue weighted by molar-refractivity contribution is -0.116. The summed E-state index contributed by atoms with van der Waals surface area (Å²) in [5.41, 5.74) is 2.00. The van der Waals surface area contributed by atoms with Crippen molar-refractivity contribution in [3.05, 3.63) is 148 Å². The van der Waals surface area contributed by atoms with Gasteiger partial charge in [-0.3, -0.25) is 14.4 Å². The molecule has 1 unspecified atom stereocenters. The van der Waals surface area contributed by atoms with Gasteiger partial charge < -0.3 is 35.3 Å². The Morgan fingerprint density at radius 1 is 0.717 bits per heavy atom. The summed E-state index contributed by atoms with van der Waals surface area (Å²) in [6.45, 7) is 0. The highest BCUT2D eigenvalue weighted by Gasteiger charge is 2.24. The van der Waals surface area contributed by atoms with Gasteiger partial charge in [0.15, 0.2) is 11.5 Å². The number of ether oxygens (including phenoxy) is 3. The molecule has 0 radical (unpaired) electrons. The molecular weight excluding hydrogens is 718 g/mol. The average Bonchev–Trinajstić information content (AvgIpc) is 3.18. The molecule has 270 valence electrons. The summed E-state index contributed by atoms with van der Waals surface area (Å²) in [6.07, 6.45) is 1.48. The second-order valence-electron chi connectivity index (χ2n) is 11.2. The van der Waals surface area contributed by atoms with E-state index in [1.54, 1.807) is 66.7 Å². The number of carbonyl (C=O) groups is 4. The Bertz CT molecular complexity index is 2150. The first-order valence-corrected chi connectivity index (χ1v) is 17.2. The molecule has 0 aliphatic carbocycles. The van der Waals surface area contributed by atoms with Crippen LogP contribution in [0.15, 0.2) is 126 Å². The van der Waals surface area contributed by atoms with Gasteiger partial charge in [0.2, 0.25) is 5.91 Å². The molecule has 0 spiro atoms. The molecule has 5 rings (SSSR count). The Labute approximate surface area is 314 Å². The lowest BCUT2D eigenvalue weighted by Gasteiger charge is -2.18. The molecular formula is C40H34ClN3O8S. The highest BCUT2D eigenvalue weighted by atomic mass is 35.5. The number of benzene rings is 5. The molecule has 0 bridgehead atoms. The number of thioether (sulfide) groups is 1. The first-order chi connectivity index (χ1) is 25.6. The average molecular weight is 752 g/mol. The fourth-order valence-corrected chi connectivity index (χ4v) is 6.31. The van der Waals surface area contributed by atoms with Crippen molar-refractivity contribution in [2.75, 3.05) is 32.0 Å². The van der Waals surface area contributed by atoms with Crippen LogP contribution in [-0.4, -0.2) is 50.1 Å². The molecule has 5 aromatic carbocycles. The number of amides is 3. The minimum absolute atomic E-state index is 0.0542. The van der Waals surface area contributed by atoms with E-state index in [0.717, 1.165) is 0 Å². The lowest BCUT2D eigenvalue weighted by Crippen LogP contribution is -2.30. The van der Waals surface area contributed by atoms with E-state index in [1.807, 2.05) is 30.3 Å². The molecule has 13 heteroatoms. The van der Waals surface area contributed by atoms with E-state index in [4.69, 9.17) is 25.8 Å². The van der Waals surface area contributed by atoms with Crippen LogP contribution in [0.5, 0.6) is 17.2 Å². The van der Waals surface area contributed by atoms with Crippen LogP contribution >= 0.6 is 23.4 Å². The van der Waals surface area contributed by atoms with Crippen molar-refractivity contribution in [2.24, 2.45) is 0 Å². The van der Waals surface area contributed by atoms with E-state index < -0.39 is 23.0 Å². The molecule has 0 saturated heterocycles. The normalized spacial score (nSPS) is 11.5. The van der Waals surface area contributed by atoms with Gasteiger partial charge in [-0.15, -0.1) is 11.8 Å². The summed E-state index contributed by atoms with van der Waals surface area (Å²) < 4.78 is 16.4. The number of nitrogens with one attached hydrogen (secondary N) is 3. The number of halogens is 1. The predicted molar refractivity (Wildman–Crippen MR) is 205 cm³/mol. The molecule has 0 aromatic heterocycles. The summed E-state index contributed by atoms with van der Waals surface area (Å²) >= 11 is 7.28. The van der Waals surface area contributed by atoms with Gasteiger partial charge in [0.05, 0.1) is 31.9 Å². The predicted octanol–water partition coefficient (Wildman–Crippen LogP) is 7.95. The lowest BCUT2D eigenvalue weighted by atomic mass is 10.1. The summed E-state index contributed by atoms with van der Waals surface area (Å²) in [5.74, 6) is -1.52. The molecule has 0 heterocycles. The highest BCUT2D eigenvalue weighted by Crippen LogP contribution is 2.38. The van der Waals surface area contributed by atoms with Gasteiger partial charge in [-0.1, -0.05) is 60.1 Å². The van der Waals surface area contributed by atoms with Crippen molar-refractivity contribution >= 4 is 64.5 Å². The van der Waals surface area contributed by atoms with Gasteiger partial charge in [-0.25, -0.2) is 4.79 Å².